The maximum atomic E-state index is 11.8. The Bertz CT molecular complexity index is 572. The van der Waals surface area contributed by atoms with Crippen molar-refractivity contribution >= 4 is 15.8 Å². The predicted octanol–water partition coefficient (Wildman–Crippen LogP) is 1.19. The van der Waals surface area contributed by atoms with Gasteiger partial charge in [0.05, 0.1) is 4.90 Å². The normalized spacial score (nSPS) is 12.1. The molecule has 0 aliphatic rings. The lowest BCUT2D eigenvalue weighted by atomic mass is 10.1. The van der Waals surface area contributed by atoms with E-state index in [4.69, 9.17) is 0 Å². The van der Waals surface area contributed by atoms with Gasteiger partial charge < -0.3 is 4.90 Å². The van der Waals surface area contributed by atoms with Gasteiger partial charge in [-0.25, -0.2) is 12.7 Å². The molecule has 0 bridgehead atoms. The number of hydrogen-bond acceptors (Lipinski definition) is 4. The second-order valence-corrected chi connectivity index (χ2v) is 6.61. The van der Waals surface area contributed by atoms with Crippen LogP contribution in [0.1, 0.15) is 10.4 Å². The van der Waals surface area contributed by atoms with Crippen LogP contribution in [0.25, 0.3) is 0 Å². The van der Waals surface area contributed by atoms with Crippen molar-refractivity contribution in [1.82, 2.24) is 9.21 Å². The highest BCUT2D eigenvalue weighted by atomic mass is 32.2. The molecule has 0 spiro atoms. The van der Waals surface area contributed by atoms with E-state index in [-0.39, 0.29) is 10.7 Å². The van der Waals surface area contributed by atoms with E-state index in [1.54, 1.807) is 11.1 Å². The summed E-state index contributed by atoms with van der Waals surface area (Å²) in [6, 6.07) is 5.90. The molecular weight excluding hydrogens is 264 g/mol. The lowest BCUT2D eigenvalue weighted by Crippen LogP contribution is -2.22. The molecular formula is C13H18N2O3S. The standard InChI is InChI=1S/C13H18N2O3S/c1-14(2)10-9-13(16)11-5-7-12(8-6-11)19(17,18)15(3)4/h5-10H,1-4H3/b10-9+. The molecule has 0 aliphatic carbocycles. The SMILES string of the molecule is CN(C)/C=C/C(=O)c1ccc(S(=O)(=O)N(C)C)cc1. The zero-order valence-electron chi connectivity index (χ0n) is 11.5. The molecule has 0 saturated carbocycles. The minimum absolute atomic E-state index is 0.164. The molecule has 1 aromatic rings. The first-order chi connectivity index (χ1) is 8.75. The maximum absolute atomic E-state index is 11.8. The van der Waals surface area contributed by atoms with Gasteiger partial charge in [-0.15, -0.1) is 0 Å². The van der Waals surface area contributed by atoms with Gasteiger partial charge in [0.25, 0.3) is 0 Å². The predicted molar refractivity (Wildman–Crippen MR) is 74.5 cm³/mol. The highest BCUT2D eigenvalue weighted by Gasteiger charge is 2.16. The van der Waals surface area contributed by atoms with Gasteiger partial charge in [0, 0.05) is 46.0 Å². The summed E-state index contributed by atoms with van der Waals surface area (Å²) in [7, 11) is 3.12. The quantitative estimate of drug-likeness (QED) is 0.601. The van der Waals surface area contributed by atoms with Crippen LogP contribution in [0, 0.1) is 0 Å². The van der Waals surface area contributed by atoms with Gasteiger partial charge in [0.15, 0.2) is 5.78 Å². The Morgan fingerprint density at radius 3 is 2.00 bits per heavy atom. The molecule has 0 aromatic heterocycles. The Balaban J connectivity index is 2.98. The zero-order valence-corrected chi connectivity index (χ0v) is 12.3. The largest absolute Gasteiger partial charge is 0.383 e. The summed E-state index contributed by atoms with van der Waals surface area (Å²) in [5.41, 5.74) is 0.454. The van der Waals surface area contributed by atoms with Gasteiger partial charge in [-0.05, 0) is 24.3 Å². The zero-order chi connectivity index (χ0) is 14.6. The van der Waals surface area contributed by atoms with Crippen molar-refractivity contribution in [2.75, 3.05) is 28.2 Å². The van der Waals surface area contributed by atoms with Crippen LogP contribution in [0.2, 0.25) is 0 Å². The Morgan fingerprint density at radius 1 is 1.05 bits per heavy atom. The molecule has 5 nitrogen and oxygen atoms in total. The van der Waals surface area contributed by atoms with Crippen LogP contribution in [0.15, 0.2) is 41.4 Å². The first-order valence-electron chi connectivity index (χ1n) is 5.66. The number of nitrogens with zero attached hydrogens (tertiary/aromatic N) is 2. The van der Waals surface area contributed by atoms with E-state index in [2.05, 4.69) is 0 Å². The van der Waals surface area contributed by atoms with E-state index in [1.165, 1.54) is 44.4 Å². The number of sulfonamides is 1. The Hall–Kier alpha value is -1.66. The Kier molecular flexibility index (Phi) is 4.85. The van der Waals surface area contributed by atoms with E-state index in [0.717, 1.165) is 4.31 Å². The van der Waals surface area contributed by atoms with Crippen molar-refractivity contribution in [3.8, 4) is 0 Å². The van der Waals surface area contributed by atoms with Crippen LogP contribution in [0.4, 0.5) is 0 Å². The van der Waals surface area contributed by atoms with E-state index >= 15 is 0 Å². The summed E-state index contributed by atoms with van der Waals surface area (Å²) in [6.07, 6.45) is 3.09. The first-order valence-corrected chi connectivity index (χ1v) is 7.10. The average Bonchev–Trinajstić information content (AvgIpc) is 2.35. The number of carbonyl (C=O) groups is 1. The summed E-state index contributed by atoms with van der Waals surface area (Å²) in [6.45, 7) is 0. The van der Waals surface area contributed by atoms with Gasteiger partial charge in [0.2, 0.25) is 10.0 Å². The summed E-state index contributed by atoms with van der Waals surface area (Å²) >= 11 is 0. The van der Waals surface area contributed by atoms with E-state index in [0.29, 0.717) is 5.56 Å². The van der Waals surface area contributed by atoms with Crippen molar-refractivity contribution in [1.29, 1.82) is 0 Å². The Morgan fingerprint density at radius 2 is 1.58 bits per heavy atom. The molecule has 104 valence electrons. The second kappa shape index (κ2) is 5.99. The smallest absolute Gasteiger partial charge is 0.242 e. The number of carbonyl (C=O) groups excluding carboxylic acids is 1. The van der Waals surface area contributed by atoms with Crippen LogP contribution in [-0.2, 0) is 10.0 Å². The maximum Gasteiger partial charge on any atom is 0.242 e. The molecule has 0 aliphatic heterocycles. The molecule has 1 aromatic carbocycles. The third kappa shape index (κ3) is 3.90. The highest BCUT2D eigenvalue weighted by Crippen LogP contribution is 2.14. The molecule has 0 radical (unpaired) electrons. The summed E-state index contributed by atoms with van der Waals surface area (Å²) < 4.78 is 24.8. The third-order valence-electron chi connectivity index (χ3n) is 2.44. The second-order valence-electron chi connectivity index (χ2n) is 4.46. The molecule has 1 rings (SSSR count). The molecule has 0 fully saturated rings. The lowest BCUT2D eigenvalue weighted by molar-refractivity contribution is 0.104. The molecule has 0 saturated heterocycles. The monoisotopic (exact) mass is 282 g/mol. The Labute approximate surface area is 114 Å². The molecule has 6 heteroatoms. The number of hydrogen-bond donors (Lipinski definition) is 0. The molecule has 0 atom stereocenters. The minimum Gasteiger partial charge on any atom is -0.383 e. The van der Waals surface area contributed by atoms with Crippen molar-refractivity contribution in [2.45, 2.75) is 4.90 Å². The molecule has 0 N–H and O–H groups in total. The fraction of sp³-hybridized carbons (Fsp3) is 0.308. The highest BCUT2D eigenvalue weighted by molar-refractivity contribution is 7.89. The van der Waals surface area contributed by atoms with Crippen molar-refractivity contribution in [3.63, 3.8) is 0 Å². The van der Waals surface area contributed by atoms with Crippen LogP contribution in [0.3, 0.4) is 0 Å². The fourth-order valence-corrected chi connectivity index (χ4v) is 2.22. The summed E-state index contributed by atoms with van der Waals surface area (Å²) in [5.74, 6) is -0.164. The van der Waals surface area contributed by atoms with E-state index in [1.807, 2.05) is 14.1 Å². The minimum atomic E-state index is -3.45. The number of benzene rings is 1. The average molecular weight is 282 g/mol. The van der Waals surface area contributed by atoms with Crippen LogP contribution in [-0.4, -0.2) is 51.6 Å². The number of rotatable bonds is 5. The van der Waals surface area contributed by atoms with Crippen molar-refractivity contribution in [2.24, 2.45) is 0 Å². The molecule has 19 heavy (non-hydrogen) atoms. The molecule has 0 amide bonds. The summed E-state index contributed by atoms with van der Waals surface area (Å²) in [5, 5.41) is 0. The van der Waals surface area contributed by atoms with Gasteiger partial charge in [-0.1, -0.05) is 0 Å². The van der Waals surface area contributed by atoms with Gasteiger partial charge >= 0.3 is 0 Å². The van der Waals surface area contributed by atoms with Crippen LogP contribution in [0.5, 0.6) is 0 Å². The van der Waals surface area contributed by atoms with E-state index < -0.39 is 10.0 Å². The molecule has 0 heterocycles. The van der Waals surface area contributed by atoms with Gasteiger partial charge in [0.1, 0.15) is 0 Å². The summed E-state index contributed by atoms with van der Waals surface area (Å²) in [4.78, 5) is 13.7. The van der Waals surface area contributed by atoms with Crippen LogP contribution < -0.4 is 0 Å². The molecule has 0 unspecified atom stereocenters. The van der Waals surface area contributed by atoms with E-state index in [9.17, 15) is 13.2 Å². The number of allylic oxidation sites excluding steroid dienone is 1. The van der Waals surface area contributed by atoms with Gasteiger partial charge in [-0.2, -0.15) is 0 Å². The van der Waals surface area contributed by atoms with Crippen molar-refractivity contribution in [3.05, 3.63) is 42.1 Å². The topological polar surface area (TPSA) is 57.7 Å². The van der Waals surface area contributed by atoms with Crippen molar-refractivity contribution < 1.29 is 13.2 Å². The number of ketones is 1. The third-order valence-corrected chi connectivity index (χ3v) is 4.27. The fourth-order valence-electron chi connectivity index (χ4n) is 1.31. The van der Waals surface area contributed by atoms with Gasteiger partial charge in [-0.3, -0.25) is 4.79 Å². The lowest BCUT2D eigenvalue weighted by Gasteiger charge is -2.11. The van der Waals surface area contributed by atoms with Crippen LogP contribution >= 0.6 is 0 Å². The first kappa shape index (κ1) is 15.4.